The maximum Gasteiger partial charge on any atom is 0.307 e. The quantitative estimate of drug-likeness (QED) is 0.799. The van der Waals surface area contributed by atoms with Gasteiger partial charge in [0.25, 0.3) is 0 Å². The van der Waals surface area contributed by atoms with Crippen LogP contribution in [0.5, 0.6) is 0 Å². The van der Waals surface area contributed by atoms with E-state index in [1.807, 2.05) is 29.9 Å². The van der Waals surface area contributed by atoms with Crippen molar-refractivity contribution in [1.29, 1.82) is 0 Å². The molecule has 0 fully saturated rings. The highest BCUT2D eigenvalue weighted by Crippen LogP contribution is 2.14. The molecule has 4 nitrogen and oxygen atoms in total. The van der Waals surface area contributed by atoms with Crippen molar-refractivity contribution in [3.8, 4) is 0 Å². The largest absolute Gasteiger partial charge is 0.466 e. The second kappa shape index (κ2) is 6.48. The van der Waals surface area contributed by atoms with E-state index in [1.54, 1.807) is 6.92 Å². The number of carbonyl (C=O) groups excluding carboxylic acids is 1. The van der Waals surface area contributed by atoms with E-state index < -0.39 is 0 Å². The lowest BCUT2D eigenvalue weighted by atomic mass is 10.1. The van der Waals surface area contributed by atoms with E-state index in [4.69, 9.17) is 10.5 Å². The van der Waals surface area contributed by atoms with E-state index in [0.717, 1.165) is 5.69 Å². The summed E-state index contributed by atoms with van der Waals surface area (Å²) in [4.78, 5) is 11.1. The van der Waals surface area contributed by atoms with Crippen molar-refractivity contribution in [3.63, 3.8) is 0 Å². The van der Waals surface area contributed by atoms with Gasteiger partial charge in [-0.25, -0.2) is 0 Å². The zero-order valence-corrected chi connectivity index (χ0v) is 9.79. The second-order valence-electron chi connectivity index (χ2n) is 3.16. The van der Waals surface area contributed by atoms with Crippen LogP contribution in [0.15, 0.2) is 18.3 Å². The average Bonchev–Trinajstić information content (AvgIpc) is 2.51. The maximum absolute atomic E-state index is 11.1. The number of carbonyl (C=O) groups is 1. The van der Waals surface area contributed by atoms with Gasteiger partial charge >= 0.3 is 5.97 Å². The number of nitrogens with two attached hydrogens (primary N) is 1. The summed E-state index contributed by atoms with van der Waals surface area (Å²) in [5, 5.41) is 0. The van der Waals surface area contributed by atoms with Crippen molar-refractivity contribution in [1.82, 2.24) is 4.57 Å². The summed E-state index contributed by atoms with van der Waals surface area (Å²) in [5.41, 5.74) is 6.79. The van der Waals surface area contributed by atoms with Crippen molar-refractivity contribution in [2.24, 2.45) is 12.8 Å². The van der Waals surface area contributed by atoms with Crippen LogP contribution in [0.3, 0.4) is 0 Å². The van der Waals surface area contributed by atoms with Crippen LogP contribution in [0.1, 0.15) is 25.1 Å². The number of esters is 1. The summed E-state index contributed by atoms with van der Waals surface area (Å²) >= 11 is 0. The monoisotopic (exact) mass is 232 g/mol. The summed E-state index contributed by atoms with van der Waals surface area (Å²) in [7, 11) is 1.90. The fourth-order valence-electron chi connectivity index (χ4n) is 1.36. The van der Waals surface area contributed by atoms with Crippen LogP contribution < -0.4 is 5.73 Å². The Morgan fingerprint density at radius 1 is 1.67 bits per heavy atom. The number of rotatable bonds is 4. The molecule has 5 heteroatoms. The van der Waals surface area contributed by atoms with Crippen molar-refractivity contribution >= 4 is 18.4 Å². The number of ether oxygens (including phenoxy) is 1. The summed E-state index contributed by atoms with van der Waals surface area (Å²) in [6.45, 7) is 2.19. The second-order valence-corrected chi connectivity index (χ2v) is 3.16. The van der Waals surface area contributed by atoms with Gasteiger partial charge < -0.3 is 15.0 Å². The molecular formula is C10H17ClN2O2. The lowest BCUT2D eigenvalue weighted by Gasteiger charge is -2.11. The molecule has 0 radical (unpaired) electrons. The molecule has 1 atom stereocenters. The van der Waals surface area contributed by atoms with Gasteiger partial charge in [0.2, 0.25) is 0 Å². The maximum atomic E-state index is 11.1. The minimum absolute atomic E-state index is 0. The molecule has 0 aliphatic carbocycles. The van der Waals surface area contributed by atoms with E-state index in [-0.39, 0.29) is 30.8 Å². The highest BCUT2D eigenvalue weighted by Gasteiger charge is 2.14. The molecular weight excluding hydrogens is 216 g/mol. The molecule has 0 aromatic carbocycles. The van der Waals surface area contributed by atoms with E-state index in [9.17, 15) is 4.79 Å². The van der Waals surface area contributed by atoms with Gasteiger partial charge in [-0.2, -0.15) is 0 Å². The third-order valence-corrected chi connectivity index (χ3v) is 2.06. The number of hydrogen-bond donors (Lipinski definition) is 1. The average molecular weight is 233 g/mol. The molecule has 0 aliphatic rings. The molecule has 0 aliphatic heterocycles. The molecule has 0 amide bonds. The van der Waals surface area contributed by atoms with Crippen LogP contribution in [0.4, 0.5) is 0 Å². The van der Waals surface area contributed by atoms with E-state index in [1.165, 1.54) is 0 Å². The Hall–Kier alpha value is -1.00. The predicted molar refractivity (Wildman–Crippen MR) is 60.8 cm³/mol. The third-order valence-electron chi connectivity index (χ3n) is 2.06. The fourth-order valence-corrected chi connectivity index (χ4v) is 1.36. The molecule has 1 aromatic heterocycles. The van der Waals surface area contributed by atoms with Crippen molar-refractivity contribution < 1.29 is 9.53 Å². The summed E-state index contributed by atoms with van der Waals surface area (Å²) in [5.74, 6) is -0.249. The molecule has 0 unspecified atom stereocenters. The molecule has 15 heavy (non-hydrogen) atoms. The number of aryl methyl sites for hydroxylation is 1. The Kier molecular flexibility index (Phi) is 6.05. The number of hydrogen-bond acceptors (Lipinski definition) is 3. The van der Waals surface area contributed by atoms with Crippen molar-refractivity contribution in [2.75, 3.05) is 6.61 Å². The molecule has 1 aromatic rings. The molecule has 0 saturated carbocycles. The lowest BCUT2D eigenvalue weighted by molar-refractivity contribution is -0.143. The Bertz CT molecular complexity index is 312. The molecule has 1 rings (SSSR count). The SMILES string of the molecule is CCOC(=O)C[C@@H](N)c1cccn1C.Cl. The zero-order chi connectivity index (χ0) is 10.6. The first kappa shape index (κ1) is 14.0. The highest BCUT2D eigenvalue weighted by molar-refractivity contribution is 5.85. The molecule has 0 bridgehead atoms. The highest BCUT2D eigenvalue weighted by atomic mass is 35.5. The Labute approximate surface area is 95.8 Å². The Morgan fingerprint density at radius 3 is 2.80 bits per heavy atom. The first-order valence-electron chi connectivity index (χ1n) is 4.67. The van der Waals surface area contributed by atoms with Gasteiger partial charge in [0, 0.05) is 18.9 Å². The van der Waals surface area contributed by atoms with Gasteiger partial charge in [-0.15, -0.1) is 12.4 Å². The van der Waals surface area contributed by atoms with Crippen LogP contribution in [0.25, 0.3) is 0 Å². The smallest absolute Gasteiger partial charge is 0.307 e. The first-order valence-corrected chi connectivity index (χ1v) is 4.67. The standard InChI is InChI=1S/C10H16N2O2.ClH/c1-3-14-10(13)7-8(11)9-5-4-6-12(9)2;/h4-6,8H,3,7,11H2,1-2H3;1H/t8-;/m1./s1. The van der Waals surface area contributed by atoms with E-state index >= 15 is 0 Å². The minimum atomic E-state index is -0.283. The predicted octanol–water partition coefficient (Wildman–Crippen LogP) is 1.40. The number of aromatic nitrogens is 1. The first-order chi connectivity index (χ1) is 6.65. The van der Waals surface area contributed by atoms with Crippen LogP contribution in [-0.4, -0.2) is 17.1 Å². The minimum Gasteiger partial charge on any atom is -0.466 e. The Morgan fingerprint density at radius 2 is 2.33 bits per heavy atom. The number of halogens is 1. The number of nitrogens with zero attached hydrogens (tertiary/aromatic N) is 1. The van der Waals surface area contributed by atoms with Gasteiger partial charge in [-0.3, -0.25) is 4.79 Å². The van der Waals surface area contributed by atoms with Crippen molar-refractivity contribution in [3.05, 3.63) is 24.0 Å². The van der Waals surface area contributed by atoms with Gasteiger partial charge in [-0.05, 0) is 19.1 Å². The van der Waals surface area contributed by atoms with Crippen molar-refractivity contribution in [2.45, 2.75) is 19.4 Å². The molecule has 86 valence electrons. The Balaban J connectivity index is 0.00000196. The van der Waals surface area contributed by atoms with Crippen LogP contribution >= 0.6 is 12.4 Å². The normalized spacial score (nSPS) is 11.7. The van der Waals surface area contributed by atoms with E-state index in [2.05, 4.69) is 0 Å². The lowest BCUT2D eigenvalue weighted by Crippen LogP contribution is -2.19. The molecule has 1 heterocycles. The van der Waals surface area contributed by atoms with Gasteiger partial charge in [0.15, 0.2) is 0 Å². The van der Waals surface area contributed by atoms with Gasteiger partial charge in [0.1, 0.15) is 0 Å². The summed E-state index contributed by atoms with van der Waals surface area (Å²) in [6.07, 6.45) is 2.13. The molecule has 2 N–H and O–H groups in total. The van der Waals surface area contributed by atoms with E-state index in [0.29, 0.717) is 6.61 Å². The summed E-state index contributed by atoms with van der Waals surface area (Å²) < 4.78 is 6.73. The van der Waals surface area contributed by atoms with Crippen LogP contribution in [0.2, 0.25) is 0 Å². The van der Waals surface area contributed by atoms with Gasteiger partial charge in [-0.1, -0.05) is 0 Å². The van der Waals surface area contributed by atoms with Crippen LogP contribution in [-0.2, 0) is 16.6 Å². The zero-order valence-electron chi connectivity index (χ0n) is 8.97. The van der Waals surface area contributed by atoms with Gasteiger partial charge in [0.05, 0.1) is 19.1 Å². The molecule has 0 saturated heterocycles. The van der Waals surface area contributed by atoms with Crippen LogP contribution in [0, 0.1) is 0 Å². The topological polar surface area (TPSA) is 57.2 Å². The fraction of sp³-hybridized carbons (Fsp3) is 0.500. The molecule has 0 spiro atoms. The summed E-state index contributed by atoms with van der Waals surface area (Å²) in [6, 6.07) is 3.53. The third kappa shape index (κ3) is 3.93.